The normalized spacial score (nSPS) is 53.1. The summed E-state index contributed by atoms with van der Waals surface area (Å²) >= 11 is 0. The summed E-state index contributed by atoms with van der Waals surface area (Å²) < 4.78 is 94.4. The van der Waals surface area contributed by atoms with Crippen molar-refractivity contribution < 1.29 is 183 Å². The lowest BCUT2D eigenvalue weighted by Crippen LogP contribution is -2.70. The maximum atomic E-state index is 12.3. The minimum Gasteiger partial charge on any atom is -0.394 e. The van der Waals surface area contributed by atoms with Crippen LogP contribution in [0.15, 0.2) is 12.7 Å². The molecule has 0 spiro atoms. The van der Waals surface area contributed by atoms with Gasteiger partial charge in [-0.25, -0.2) is 0 Å². The Balaban J connectivity index is 1.11. The van der Waals surface area contributed by atoms with Crippen LogP contribution in [0.4, 0.5) is 0 Å². The molecule has 0 aromatic carbocycles. The van der Waals surface area contributed by atoms with Crippen molar-refractivity contribution in [3.63, 3.8) is 0 Å². The van der Waals surface area contributed by atoms with Crippen molar-refractivity contribution in [3.8, 4) is 0 Å². The van der Waals surface area contributed by atoms with Gasteiger partial charge in [0.15, 0.2) is 50.3 Å². The number of nitrogens with two attached hydrogens (primary N) is 2. The molecule has 8 saturated heterocycles. The van der Waals surface area contributed by atoms with E-state index >= 15 is 0 Å². The molecule has 0 saturated carbocycles. The molecule has 25 N–H and O–H groups in total. The maximum absolute atomic E-state index is 12.3. The Hall–Kier alpha value is -1.82. The fourth-order valence-corrected chi connectivity index (χ4v) is 11.6. The Morgan fingerprint density at radius 3 is 1.07 bits per heavy atom. The first kappa shape index (κ1) is 74.0. The van der Waals surface area contributed by atoms with Crippen molar-refractivity contribution in [1.29, 1.82) is 0 Å². The van der Waals surface area contributed by atoms with Crippen LogP contribution in [0.3, 0.4) is 0 Å². The summed E-state index contributed by atoms with van der Waals surface area (Å²) in [6, 6.07) is -3.64. The quantitative estimate of drug-likeness (QED) is 0.0422. The van der Waals surface area contributed by atoms with Crippen molar-refractivity contribution in [2.75, 3.05) is 46.2 Å². The lowest BCUT2D eigenvalue weighted by atomic mass is 9.94. The number of aliphatic hydroxyl groups is 21. The van der Waals surface area contributed by atoms with Gasteiger partial charge in [0.05, 0.1) is 70.5 Å². The number of hydrogen-bond acceptors (Lipinski definition) is 39. The van der Waals surface area contributed by atoms with Crippen LogP contribution >= 0.6 is 0 Å². The van der Waals surface area contributed by atoms with Crippen LogP contribution in [0.5, 0.6) is 0 Å². The molecule has 0 bridgehead atoms. The minimum absolute atomic E-state index is 0.206. The third kappa shape index (κ3) is 15.4. The summed E-state index contributed by atoms with van der Waals surface area (Å²) in [6.07, 6.45) is -69.5. The topological polar surface area (TPSA) is 625 Å². The minimum atomic E-state index is -2.31. The van der Waals surface area contributed by atoms with Crippen LogP contribution in [-0.4, -0.2) is 399 Å². The number of rotatable bonds is 23. The molecule has 8 heterocycles. The second-order valence-corrected chi connectivity index (χ2v) is 23.2. The van der Waals surface area contributed by atoms with Crippen LogP contribution in [0, 0.1) is 0 Å². The fourth-order valence-electron chi connectivity index (χ4n) is 11.6. The van der Waals surface area contributed by atoms with E-state index in [-0.39, 0.29) is 6.61 Å². The molecular weight excluding hydrogens is 1230 g/mol. The molecule has 39 nitrogen and oxygen atoms in total. The number of aliphatic hydroxyl groups excluding tert-OH is 21. The average Bonchev–Trinajstić information content (AvgIpc) is 1.06. The van der Waals surface area contributed by atoms with Gasteiger partial charge in [-0.2, -0.15) is 0 Å². The van der Waals surface area contributed by atoms with E-state index in [1.54, 1.807) is 0 Å². The highest BCUT2D eigenvalue weighted by Gasteiger charge is 2.59. The first-order chi connectivity index (χ1) is 42.7. The van der Waals surface area contributed by atoms with E-state index in [0.717, 1.165) is 0 Å². The molecule has 8 fully saturated rings. The van der Waals surface area contributed by atoms with E-state index in [4.69, 9.17) is 87.3 Å². The van der Waals surface area contributed by atoms with Gasteiger partial charge in [-0.1, -0.05) is 6.08 Å². The Labute approximate surface area is 511 Å². The summed E-state index contributed by atoms with van der Waals surface area (Å²) in [7, 11) is 0. The highest BCUT2D eigenvalue weighted by Crippen LogP contribution is 2.39. The zero-order valence-corrected chi connectivity index (χ0v) is 48.4. The standard InChI is InChI=1S/C51H88N2O37/c1-4-5-75-46-36(73)31(68)38(16(8-56)83-46)85-51-37(74)43(90-45-21(53)42(89-50-35(72)30(67)25(62)15(7-55)80-50)40(18(10-58)82-45)86-47-32(69)27(64)22(59)12(2)77-47)26(63)19(84-51)11-76-44-20(52)41(88-48-33(70)28(65)23(60)13(3)78-48)39(17(9-57)81-44)87-49-34(71)29(66)24(61)14(6-54)79-49/h4,12-51,54-74H,1,5-11,52-53H2,2-3H3/t12?,13?,14?,15?,16?,17?,18?,19?,20?,21?,22-,23-,24+,25+,26+,27?,28?,29?,30?,31?,32?,33?,34?,35?,36?,37?,38-,39-,40-,41?,42?,43?,44-,45+,46-,47+,48?,49+,50+,51+/m1/s1. The predicted molar refractivity (Wildman–Crippen MR) is 279 cm³/mol. The Bertz CT molecular complexity index is 2190. The second-order valence-electron chi connectivity index (χ2n) is 23.2. The highest BCUT2D eigenvalue weighted by atomic mass is 16.8. The molecular formula is C51H88N2O37. The van der Waals surface area contributed by atoms with Gasteiger partial charge >= 0.3 is 0 Å². The van der Waals surface area contributed by atoms with Crippen molar-refractivity contribution >= 4 is 0 Å². The molecule has 0 aromatic heterocycles. The van der Waals surface area contributed by atoms with Gasteiger partial charge in [0.1, 0.15) is 171 Å². The van der Waals surface area contributed by atoms with Gasteiger partial charge in [-0.3, -0.25) is 0 Å². The number of hydrogen-bond donors (Lipinski definition) is 23. The maximum Gasteiger partial charge on any atom is 0.187 e. The third-order valence-electron chi connectivity index (χ3n) is 17.1. The molecule has 524 valence electrons. The Morgan fingerprint density at radius 1 is 0.300 bits per heavy atom. The van der Waals surface area contributed by atoms with Crippen LogP contribution in [0.25, 0.3) is 0 Å². The zero-order valence-electron chi connectivity index (χ0n) is 48.4. The monoisotopic (exact) mass is 1320 g/mol. The predicted octanol–water partition coefficient (Wildman–Crippen LogP) is -15.3. The summed E-state index contributed by atoms with van der Waals surface area (Å²) in [4.78, 5) is 0. The van der Waals surface area contributed by atoms with Crippen molar-refractivity contribution in [3.05, 3.63) is 12.7 Å². The third-order valence-corrected chi connectivity index (χ3v) is 17.1. The summed E-state index contributed by atoms with van der Waals surface area (Å²) in [6.45, 7) is 0.0635. The van der Waals surface area contributed by atoms with Crippen molar-refractivity contribution in [2.45, 2.75) is 259 Å². The second kappa shape index (κ2) is 32.0. The molecule has 0 aliphatic carbocycles. The van der Waals surface area contributed by atoms with E-state index in [0.29, 0.717) is 0 Å². The molecule has 40 atom stereocenters. The van der Waals surface area contributed by atoms with Gasteiger partial charge in [0, 0.05) is 0 Å². The zero-order chi connectivity index (χ0) is 66.1. The van der Waals surface area contributed by atoms with Crippen molar-refractivity contribution in [2.24, 2.45) is 11.5 Å². The lowest BCUT2D eigenvalue weighted by Gasteiger charge is -2.51. The first-order valence-corrected chi connectivity index (χ1v) is 29.1. The molecule has 25 unspecified atom stereocenters. The average molecular weight is 1320 g/mol. The molecule has 0 aromatic rings. The Morgan fingerprint density at radius 2 is 0.622 bits per heavy atom. The fraction of sp³-hybridized carbons (Fsp3) is 0.961. The van der Waals surface area contributed by atoms with Crippen LogP contribution in [-0.2, 0) is 75.8 Å². The largest absolute Gasteiger partial charge is 0.394 e. The summed E-state index contributed by atoms with van der Waals surface area (Å²) in [5, 5.41) is 228. The van der Waals surface area contributed by atoms with E-state index in [1.807, 2.05) is 0 Å². The molecule has 8 rings (SSSR count). The smallest absolute Gasteiger partial charge is 0.187 e. The molecule has 8 aliphatic rings. The van der Waals surface area contributed by atoms with Gasteiger partial charge < -0.3 is 194 Å². The van der Waals surface area contributed by atoms with Gasteiger partial charge in [-0.15, -0.1) is 6.58 Å². The van der Waals surface area contributed by atoms with Crippen molar-refractivity contribution in [1.82, 2.24) is 0 Å². The van der Waals surface area contributed by atoms with Crippen LogP contribution < -0.4 is 11.5 Å². The Kier molecular flexibility index (Phi) is 26.3. The van der Waals surface area contributed by atoms with E-state index < -0.39 is 285 Å². The van der Waals surface area contributed by atoms with Gasteiger partial charge in [-0.05, 0) is 13.8 Å². The number of ether oxygens (including phenoxy) is 16. The van der Waals surface area contributed by atoms with Crippen LogP contribution in [0.2, 0.25) is 0 Å². The summed E-state index contributed by atoms with van der Waals surface area (Å²) in [5.41, 5.74) is 13.6. The molecule has 90 heavy (non-hydrogen) atoms. The molecule has 0 amide bonds. The van der Waals surface area contributed by atoms with Gasteiger partial charge in [0.2, 0.25) is 0 Å². The SMILES string of the molecule is C=CCO[C@@H]1OC(CO)[C@@H](O[C@@H]2OC(CO[C@@H]3OC(CO)[C@@H](O[C@@H]4OC(CO)[C@H](O)C(O)C4O)C(OC4OC(C)[C@@H](O)C(O)C4O)C3N)[C@H](O)C(O[C@@H]3OC(CO)[C@@H](O[C@@H]4OC(C)[C@@H](O)C(O)C4O)C(O[C@@H]4OC(CO)[C@H](O)C(O)C4O)C3N)C2O)C(O)C1O. The van der Waals surface area contributed by atoms with E-state index in [2.05, 4.69) is 6.58 Å². The van der Waals surface area contributed by atoms with Gasteiger partial charge in [0.25, 0.3) is 0 Å². The van der Waals surface area contributed by atoms with Crippen LogP contribution in [0.1, 0.15) is 13.8 Å². The highest BCUT2D eigenvalue weighted by molar-refractivity contribution is 5.03. The molecule has 0 radical (unpaired) electrons. The molecule has 39 heteroatoms. The van der Waals surface area contributed by atoms with E-state index in [9.17, 15) is 107 Å². The lowest BCUT2D eigenvalue weighted by molar-refractivity contribution is -0.393. The molecule has 8 aliphatic heterocycles. The first-order valence-electron chi connectivity index (χ1n) is 29.1. The summed E-state index contributed by atoms with van der Waals surface area (Å²) in [5.74, 6) is 0. The van der Waals surface area contributed by atoms with E-state index in [1.165, 1.54) is 19.9 Å².